The van der Waals surface area contributed by atoms with Crippen LogP contribution in [-0.4, -0.2) is 23.0 Å². The van der Waals surface area contributed by atoms with Gasteiger partial charge in [0.05, 0.1) is 12.1 Å². The lowest BCUT2D eigenvalue weighted by Crippen LogP contribution is -2.45. The van der Waals surface area contributed by atoms with Crippen LogP contribution in [0.15, 0.2) is 29.6 Å². The van der Waals surface area contributed by atoms with Gasteiger partial charge in [-0.05, 0) is 38.1 Å². The summed E-state index contributed by atoms with van der Waals surface area (Å²) in [7, 11) is 0. The molecule has 0 radical (unpaired) electrons. The molecular weight excluding hydrogens is 405 g/mol. The van der Waals surface area contributed by atoms with Gasteiger partial charge in [-0.25, -0.2) is 4.98 Å². The molecular formula is C16H22Cl3N3O2S. The Morgan fingerprint density at radius 2 is 1.96 bits per heavy atom. The van der Waals surface area contributed by atoms with Crippen molar-refractivity contribution in [2.75, 3.05) is 6.54 Å². The van der Waals surface area contributed by atoms with Gasteiger partial charge in [-0.15, -0.1) is 36.2 Å². The summed E-state index contributed by atoms with van der Waals surface area (Å²) in [5.74, 6) is 0.646. The number of amides is 1. The molecule has 0 unspecified atom stereocenters. The number of ether oxygens (including phenoxy) is 1. The van der Waals surface area contributed by atoms with Crippen LogP contribution in [-0.2, 0) is 17.8 Å². The van der Waals surface area contributed by atoms with E-state index >= 15 is 0 Å². The molecule has 2 aromatic rings. The van der Waals surface area contributed by atoms with Crippen LogP contribution in [0.25, 0.3) is 0 Å². The minimum absolute atomic E-state index is 0. The summed E-state index contributed by atoms with van der Waals surface area (Å²) in [6, 6.07) is 7.15. The lowest BCUT2D eigenvalue weighted by atomic mass is 10.1. The highest BCUT2D eigenvalue weighted by Crippen LogP contribution is 2.18. The molecule has 3 N–H and O–H groups in total. The smallest absolute Gasteiger partial charge is 0.226 e. The number of nitrogens with zero attached hydrogens (tertiary/aromatic N) is 1. The van der Waals surface area contributed by atoms with E-state index < -0.39 is 5.54 Å². The van der Waals surface area contributed by atoms with Gasteiger partial charge in [-0.3, -0.25) is 4.79 Å². The Morgan fingerprint density at radius 3 is 2.56 bits per heavy atom. The number of nitrogens with one attached hydrogen (secondary N) is 1. The van der Waals surface area contributed by atoms with Crippen molar-refractivity contribution in [1.29, 1.82) is 0 Å². The van der Waals surface area contributed by atoms with Crippen molar-refractivity contribution in [2.24, 2.45) is 5.73 Å². The van der Waals surface area contributed by atoms with E-state index in [4.69, 9.17) is 22.1 Å². The third-order valence-electron chi connectivity index (χ3n) is 2.86. The van der Waals surface area contributed by atoms with Gasteiger partial charge in [-0.1, -0.05) is 11.6 Å². The van der Waals surface area contributed by atoms with Crippen molar-refractivity contribution in [3.05, 3.63) is 45.4 Å². The van der Waals surface area contributed by atoms with Gasteiger partial charge in [0.15, 0.2) is 0 Å². The Balaban J connectivity index is 0.00000288. The molecule has 1 aromatic heterocycles. The molecule has 0 bridgehead atoms. The first-order valence-electron chi connectivity index (χ1n) is 7.19. The number of carbonyl (C=O) groups is 1. The van der Waals surface area contributed by atoms with Crippen molar-refractivity contribution < 1.29 is 9.53 Å². The average Bonchev–Trinajstić information content (AvgIpc) is 2.91. The number of hydrogen-bond donors (Lipinski definition) is 2. The fourth-order valence-corrected chi connectivity index (χ4v) is 2.56. The number of aromatic nitrogens is 1. The third kappa shape index (κ3) is 9.28. The van der Waals surface area contributed by atoms with Crippen molar-refractivity contribution >= 4 is 53.7 Å². The lowest BCUT2D eigenvalue weighted by molar-refractivity contribution is -0.120. The summed E-state index contributed by atoms with van der Waals surface area (Å²) >= 11 is 7.29. The Kier molecular flexibility index (Phi) is 10.4. The second kappa shape index (κ2) is 10.8. The first-order chi connectivity index (χ1) is 10.8. The predicted octanol–water partition coefficient (Wildman–Crippen LogP) is 3.62. The van der Waals surface area contributed by atoms with Crippen LogP contribution in [0.3, 0.4) is 0 Å². The fraction of sp³-hybridized carbons (Fsp3) is 0.375. The normalized spacial score (nSPS) is 10.4. The highest BCUT2D eigenvalue weighted by atomic mass is 35.5. The zero-order valence-electron chi connectivity index (χ0n) is 14.0. The van der Waals surface area contributed by atoms with E-state index in [1.54, 1.807) is 24.3 Å². The van der Waals surface area contributed by atoms with Crippen LogP contribution < -0.4 is 15.8 Å². The predicted molar refractivity (Wildman–Crippen MR) is 107 cm³/mol. The first kappa shape index (κ1) is 23.9. The zero-order chi connectivity index (χ0) is 16.9. The maximum absolute atomic E-state index is 11.8. The monoisotopic (exact) mass is 425 g/mol. The quantitative estimate of drug-likeness (QED) is 0.709. The topological polar surface area (TPSA) is 77.2 Å². The van der Waals surface area contributed by atoms with Crippen molar-refractivity contribution in [1.82, 2.24) is 10.3 Å². The maximum atomic E-state index is 11.8. The molecule has 1 heterocycles. The molecule has 0 atom stereocenters. The second-order valence-corrected chi connectivity index (χ2v) is 7.30. The number of hydrogen-bond acceptors (Lipinski definition) is 5. The number of halogens is 3. The van der Waals surface area contributed by atoms with Crippen LogP contribution in [0.4, 0.5) is 0 Å². The Bertz CT molecular complexity index is 657. The Hall–Kier alpha value is -1.05. The molecule has 0 aliphatic rings. The van der Waals surface area contributed by atoms with Gasteiger partial charge < -0.3 is 15.8 Å². The summed E-state index contributed by atoms with van der Waals surface area (Å²) in [6.45, 7) is 4.52. The number of carbonyl (C=O) groups excluding carboxylic acids is 1. The number of thiazole rings is 1. The summed E-state index contributed by atoms with van der Waals surface area (Å²) in [5, 5.41) is 6.16. The van der Waals surface area contributed by atoms with E-state index in [9.17, 15) is 4.79 Å². The standard InChI is InChI=1S/C16H20ClN3O2S.2ClH/c1-16(2,18)10-19-14(21)7-12-9-23-15(20-12)8-22-13-5-3-11(17)4-6-13;;/h3-6,9H,7-8,10,18H2,1-2H3,(H,19,21);2*1H. The largest absolute Gasteiger partial charge is 0.486 e. The summed E-state index contributed by atoms with van der Waals surface area (Å²) < 4.78 is 5.63. The van der Waals surface area contributed by atoms with E-state index in [2.05, 4.69) is 10.3 Å². The molecule has 5 nitrogen and oxygen atoms in total. The van der Waals surface area contributed by atoms with Crippen molar-refractivity contribution in [2.45, 2.75) is 32.4 Å². The molecule has 0 aliphatic carbocycles. The van der Waals surface area contributed by atoms with Gasteiger partial charge in [-0.2, -0.15) is 0 Å². The molecule has 140 valence electrons. The SMILES string of the molecule is CC(C)(N)CNC(=O)Cc1csc(COc2ccc(Cl)cc2)n1.Cl.Cl. The molecule has 0 aliphatic heterocycles. The first-order valence-corrected chi connectivity index (χ1v) is 8.45. The van der Waals surface area contributed by atoms with Gasteiger partial charge in [0.25, 0.3) is 0 Å². The lowest BCUT2D eigenvalue weighted by Gasteiger charge is -2.18. The van der Waals surface area contributed by atoms with Gasteiger partial charge in [0.1, 0.15) is 17.4 Å². The third-order valence-corrected chi connectivity index (χ3v) is 3.98. The minimum Gasteiger partial charge on any atom is -0.486 e. The molecule has 9 heteroatoms. The van der Waals surface area contributed by atoms with Crippen LogP contribution in [0.5, 0.6) is 5.75 Å². The van der Waals surface area contributed by atoms with E-state index in [0.29, 0.717) is 18.2 Å². The summed E-state index contributed by atoms with van der Waals surface area (Å²) in [4.78, 5) is 16.2. The van der Waals surface area contributed by atoms with Crippen molar-refractivity contribution in [3.8, 4) is 5.75 Å². The van der Waals surface area contributed by atoms with E-state index in [1.807, 2.05) is 19.2 Å². The molecule has 0 fully saturated rings. The Labute approximate surface area is 169 Å². The van der Waals surface area contributed by atoms with Crippen LogP contribution in [0, 0.1) is 0 Å². The van der Waals surface area contributed by atoms with E-state index in [1.165, 1.54) is 11.3 Å². The maximum Gasteiger partial charge on any atom is 0.226 e. The summed E-state index contributed by atoms with van der Waals surface area (Å²) in [5.41, 5.74) is 6.14. The molecule has 1 amide bonds. The minimum atomic E-state index is -0.421. The van der Waals surface area contributed by atoms with E-state index in [0.717, 1.165) is 16.5 Å². The summed E-state index contributed by atoms with van der Waals surface area (Å²) in [6.07, 6.45) is 0.244. The average molecular weight is 427 g/mol. The van der Waals surface area contributed by atoms with Gasteiger partial charge in [0, 0.05) is 22.5 Å². The number of benzene rings is 1. The molecule has 0 saturated carbocycles. The van der Waals surface area contributed by atoms with Crippen LogP contribution in [0.2, 0.25) is 5.02 Å². The fourth-order valence-electron chi connectivity index (χ4n) is 1.73. The molecule has 1 aromatic carbocycles. The highest BCUT2D eigenvalue weighted by molar-refractivity contribution is 7.09. The van der Waals surface area contributed by atoms with Crippen LogP contribution in [0.1, 0.15) is 24.5 Å². The molecule has 0 saturated heterocycles. The molecule has 2 rings (SSSR count). The van der Waals surface area contributed by atoms with E-state index in [-0.39, 0.29) is 37.1 Å². The molecule has 25 heavy (non-hydrogen) atoms. The Morgan fingerprint density at radius 1 is 1.32 bits per heavy atom. The number of nitrogens with two attached hydrogens (primary N) is 1. The van der Waals surface area contributed by atoms with Crippen molar-refractivity contribution in [3.63, 3.8) is 0 Å². The van der Waals surface area contributed by atoms with Gasteiger partial charge >= 0.3 is 0 Å². The van der Waals surface area contributed by atoms with Gasteiger partial charge in [0.2, 0.25) is 5.91 Å². The number of rotatable bonds is 7. The highest BCUT2D eigenvalue weighted by Gasteiger charge is 2.13. The zero-order valence-corrected chi connectivity index (χ0v) is 17.2. The van der Waals surface area contributed by atoms with Crippen LogP contribution >= 0.6 is 47.8 Å². The second-order valence-electron chi connectivity index (χ2n) is 5.92. The molecule has 0 spiro atoms.